The van der Waals surface area contributed by atoms with Gasteiger partial charge < -0.3 is 10.0 Å². The molecule has 3 nitrogen and oxygen atoms in total. The van der Waals surface area contributed by atoms with E-state index in [1.807, 2.05) is 31.2 Å². The minimum atomic E-state index is -0.658. The summed E-state index contributed by atoms with van der Waals surface area (Å²) in [4.78, 5) is 14.0. The number of aliphatic hydroxyl groups is 1. The third-order valence-corrected chi connectivity index (χ3v) is 4.20. The van der Waals surface area contributed by atoms with Crippen LogP contribution in [-0.2, 0) is 11.2 Å². The van der Waals surface area contributed by atoms with E-state index in [4.69, 9.17) is 0 Å². The number of amides is 1. The van der Waals surface area contributed by atoms with E-state index in [-0.39, 0.29) is 5.91 Å². The highest BCUT2D eigenvalue weighted by atomic mass is 16.3. The van der Waals surface area contributed by atoms with Crippen molar-refractivity contribution < 1.29 is 9.90 Å². The lowest BCUT2D eigenvalue weighted by molar-refractivity contribution is -0.155. The average Bonchev–Trinajstić information content (AvgIpc) is 2.44. The quantitative estimate of drug-likeness (QED) is 0.929. The molecule has 1 aliphatic heterocycles. The number of benzene rings is 2. The average molecular weight is 269 g/mol. The van der Waals surface area contributed by atoms with Crippen molar-refractivity contribution in [1.29, 1.82) is 0 Å². The van der Waals surface area contributed by atoms with Gasteiger partial charge in [-0.1, -0.05) is 49.4 Å². The molecular formula is C17H19NO2. The summed E-state index contributed by atoms with van der Waals surface area (Å²) in [5.74, 6) is 0.0967. The number of carbonyl (C=O) groups is 1. The van der Waals surface area contributed by atoms with Gasteiger partial charge >= 0.3 is 0 Å². The Morgan fingerprint density at radius 1 is 1.20 bits per heavy atom. The zero-order valence-electron chi connectivity index (χ0n) is 11.7. The molecule has 1 aliphatic rings. The van der Waals surface area contributed by atoms with Gasteiger partial charge in [0.2, 0.25) is 5.91 Å². The number of hydrogen-bond acceptors (Lipinski definition) is 2. The number of rotatable bonds is 3. The summed E-state index contributed by atoms with van der Waals surface area (Å²) in [6.45, 7) is 2.88. The van der Waals surface area contributed by atoms with E-state index >= 15 is 0 Å². The van der Waals surface area contributed by atoms with Crippen LogP contribution in [0.2, 0.25) is 0 Å². The number of likely N-dealkylation sites (tertiary alicyclic amines) is 1. The molecule has 0 unspecified atom stereocenters. The van der Waals surface area contributed by atoms with Crippen molar-refractivity contribution in [3.05, 3.63) is 48.0 Å². The molecule has 1 amide bonds. The van der Waals surface area contributed by atoms with Gasteiger partial charge in [0.05, 0.1) is 25.1 Å². The van der Waals surface area contributed by atoms with Crippen molar-refractivity contribution in [1.82, 2.24) is 4.90 Å². The van der Waals surface area contributed by atoms with Gasteiger partial charge in [0.1, 0.15) is 0 Å². The maximum absolute atomic E-state index is 12.3. The highest BCUT2D eigenvalue weighted by Crippen LogP contribution is 2.26. The van der Waals surface area contributed by atoms with Crippen LogP contribution in [-0.4, -0.2) is 34.6 Å². The van der Waals surface area contributed by atoms with Gasteiger partial charge in [0, 0.05) is 0 Å². The molecule has 1 N–H and O–H groups in total. The van der Waals surface area contributed by atoms with E-state index < -0.39 is 5.60 Å². The van der Waals surface area contributed by atoms with Crippen LogP contribution >= 0.6 is 0 Å². The van der Waals surface area contributed by atoms with Crippen LogP contribution in [0.15, 0.2) is 42.5 Å². The summed E-state index contributed by atoms with van der Waals surface area (Å²) in [7, 11) is 0. The van der Waals surface area contributed by atoms with Crippen LogP contribution in [0, 0.1) is 0 Å². The number of β-amino-alcohol motifs (C(OH)–C–C–N with tert-alkyl or cyclic N) is 1. The summed E-state index contributed by atoms with van der Waals surface area (Å²) in [6.07, 6.45) is 1.10. The minimum absolute atomic E-state index is 0.0967. The van der Waals surface area contributed by atoms with Crippen LogP contribution in [0.5, 0.6) is 0 Å². The lowest BCUT2D eigenvalue weighted by Crippen LogP contribution is -2.63. The second-order valence-electron chi connectivity index (χ2n) is 5.64. The predicted octanol–water partition coefficient (Wildman–Crippen LogP) is 2.37. The van der Waals surface area contributed by atoms with E-state index in [0.29, 0.717) is 25.9 Å². The molecule has 2 aromatic carbocycles. The molecule has 0 saturated carbocycles. The molecule has 0 bridgehead atoms. The summed E-state index contributed by atoms with van der Waals surface area (Å²) in [6, 6.07) is 14.2. The number of hydrogen-bond donors (Lipinski definition) is 1. The summed E-state index contributed by atoms with van der Waals surface area (Å²) in [5, 5.41) is 12.3. The Morgan fingerprint density at radius 2 is 1.90 bits per heavy atom. The molecule has 1 fully saturated rings. The van der Waals surface area contributed by atoms with Crippen LogP contribution < -0.4 is 0 Å². The fourth-order valence-electron chi connectivity index (χ4n) is 2.79. The molecule has 3 rings (SSSR count). The van der Waals surface area contributed by atoms with E-state index in [2.05, 4.69) is 18.2 Å². The molecule has 0 radical (unpaired) electrons. The maximum Gasteiger partial charge on any atom is 0.227 e. The Kier molecular flexibility index (Phi) is 3.22. The van der Waals surface area contributed by atoms with Gasteiger partial charge in [-0.2, -0.15) is 0 Å². The molecular weight excluding hydrogens is 250 g/mol. The minimum Gasteiger partial charge on any atom is -0.386 e. The normalized spacial score (nSPS) is 17.0. The van der Waals surface area contributed by atoms with Crippen molar-refractivity contribution in [2.24, 2.45) is 0 Å². The van der Waals surface area contributed by atoms with Crippen LogP contribution in [0.3, 0.4) is 0 Å². The second-order valence-corrected chi connectivity index (χ2v) is 5.64. The van der Waals surface area contributed by atoms with Crippen molar-refractivity contribution in [3.63, 3.8) is 0 Å². The number of nitrogens with zero attached hydrogens (tertiary/aromatic N) is 1. The van der Waals surface area contributed by atoms with Crippen LogP contribution in [0.1, 0.15) is 18.9 Å². The summed E-state index contributed by atoms with van der Waals surface area (Å²) >= 11 is 0. The van der Waals surface area contributed by atoms with Gasteiger partial charge in [-0.3, -0.25) is 4.79 Å². The Balaban J connectivity index is 1.76. The third kappa shape index (κ3) is 2.29. The predicted molar refractivity (Wildman–Crippen MR) is 79.5 cm³/mol. The van der Waals surface area contributed by atoms with Gasteiger partial charge in [0.15, 0.2) is 0 Å². The summed E-state index contributed by atoms with van der Waals surface area (Å²) in [5.41, 5.74) is 0.397. The van der Waals surface area contributed by atoms with Crippen LogP contribution in [0.4, 0.5) is 0 Å². The van der Waals surface area contributed by atoms with E-state index in [1.165, 1.54) is 0 Å². The fourth-order valence-corrected chi connectivity index (χ4v) is 2.79. The van der Waals surface area contributed by atoms with E-state index in [9.17, 15) is 9.90 Å². The number of carbonyl (C=O) groups excluding carboxylic acids is 1. The molecule has 0 spiro atoms. The zero-order chi connectivity index (χ0) is 14.2. The van der Waals surface area contributed by atoms with Gasteiger partial charge in [-0.05, 0) is 22.8 Å². The number of fused-ring (bicyclic) bond motifs is 1. The maximum atomic E-state index is 12.3. The first kappa shape index (κ1) is 13.1. The lowest BCUT2D eigenvalue weighted by Gasteiger charge is -2.46. The SMILES string of the molecule is CCC1(O)CN(C(=O)Cc2cccc3ccccc23)C1. The lowest BCUT2D eigenvalue weighted by atomic mass is 9.90. The Labute approximate surface area is 118 Å². The smallest absolute Gasteiger partial charge is 0.227 e. The van der Waals surface area contributed by atoms with Crippen LogP contribution in [0.25, 0.3) is 10.8 Å². The Morgan fingerprint density at radius 3 is 2.65 bits per heavy atom. The first-order valence-corrected chi connectivity index (χ1v) is 7.08. The van der Waals surface area contributed by atoms with Gasteiger partial charge in [-0.15, -0.1) is 0 Å². The molecule has 2 aromatic rings. The summed E-state index contributed by atoms with van der Waals surface area (Å²) < 4.78 is 0. The van der Waals surface area contributed by atoms with Crippen molar-refractivity contribution in [2.75, 3.05) is 13.1 Å². The molecule has 0 aromatic heterocycles. The molecule has 20 heavy (non-hydrogen) atoms. The second kappa shape index (κ2) is 4.91. The van der Waals surface area contributed by atoms with Gasteiger partial charge in [0.25, 0.3) is 0 Å². The largest absolute Gasteiger partial charge is 0.386 e. The highest BCUT2D eigenvalue weighted by Gasteiger charge is 2.41. The standard InChI is InChI=1S/C17H19NO2/c1-2-17(20)11-18(12-17)16(19)10-14-8-5-7-13-6-3-4-9-15(13)14/h3-9,20H,2,10-12H2,1H3. The molecule has 0 aliphatic carbocycles. The molecule has 104 valence electrons. The van der Waals surface area contributed by atoms with E-state index in [0.717, 1.165) is 16.3 Å². The highest BCUT2D eigenvalue weighted by molar-refractivity contribution is 5.90. The Hall–Kier alpha value is -1.87. The van der Waals surface area contributed by atoms with Crippen molar-refractivity contribution in [3.8, 4) is 0 Å². The molecule has 1 saturated heterocycles. The van der Waals surface area contributed by atoms with Gasteiger partial charge in [-0.25, -0.2) is 0 Å². The van der Waals surface area contributed by atoms with Crippen molar-refractivity contribution >= 4 is 16.7 Å². The topological polar surface area (TPSA) is 40.5 Å². The zero-order valence-corrected chi connectivity index (χ0v) is 11.7. The Bertz CT molecular complexity index is 639. The monoisotopic (exact) mass is 269 g/mol. The van der Waals surface area contributed by atoms with Crippen molar-refractivity contribution in [2.45, 2.75) is 25.4 Å². The third-order valence-electron chi connectivity index (χ3n) is 4.20. The first-order chi connectivity index (χ1) is 9.61. The molecule has 3 heteroatoms. The van der Waals surface area contributed by atoms with E-state index in [1.54, 1.807) is 4.90 Å². The molecule has 1 heterocycles. The molecule has 0 atom stereocenters. The fraction of sp³-hybridized carbons (Fsp3) is 0.353. The first-order valence-electron chi connectivity index (χ1n) is 7.08.